The molecule has 0 aromatic heterocycles. The maximum Gasteiger partial charge on any atom is 0.338 e. The molecule has 0 heterocycles. The van der Waals surface area contributed by atoms with Gasteiger partial charge in [-0.05, 0) is 18.2 Å². The lowest BCUT2D eigenvalue weighted by molar-refractivity contribution is -0.117. The van der Waals surface area contributed by atoms with E-state index in [-0.39, 0.29) is 17.1 Å². The van der Waals surface area contributed by atoms with Crippen LogP contribution < -0.4 is 5.73 Å². The second-order valence-electron chi connectivity index (χ2n) is 3.21. The van der Waals surface area contributed by atoms with Gasteiger partial charge in [0, 0.05) is 17.1 Å². The minimum atomic E-state index is -1.57. The number of hydrogen-bond donors (Lipinski definition) is 2. The zero-order valence-electron chi connectivity index (χ0n) is 8.68. The summed E-state index contributed by atoms with van der Waals surface area (Å²) in [6.07, 6.45) is -0.0770. The Bertz CT molecular complexity index is 489. The molecule has 0 aliphatic carbocycles. The molecule has 92 valence electrons. The summed E-state index contributed by atoms with van der Waals surface area (Å²) in [4.78, 5) is 21.3. The third-order valence-corrected chi connectivity index (χ3v) is 3.32. The highest BCUT2D eigenvalue weighted by Gasteiger charge is 2.14. The molecular weight excluding hydrogens is 249 g/mol. The Hall–Kier alpha value is -1.76. The first-order valence-corrected chi connectivity index (χ1v) is 5.93. The molecule has 0 fully saturated rings. The second-order valence-corrected chi connectivity index (χ2v) is 4.78. The van der Waals surface area contributed by atoms with Crippen LogP contribution in [0.3, 0.4) is 0 Å². The van der Waals surface area contributed by atoms with Crippen LogP contribution in [0.4, 0.5) is 4.39 Å². The number of carboxylic acid groups (broad SMARTS) is 1. The molecule has 0 aliphatic rings. The second kappa shape index (κ2) is 5.53. The number of halogens is 1. The summed E-state index contributed by atoms with van der Waals surface area (Å²) >= 11 is 0. The Kier molecular flexibility index (Phi) is 4.33. The lowest BCUT2D eigenvalue weighted by Crippen LogP contribution is -2.14. The Labute approximate surface area is 98.9 Å². The number of rotatable bonds is 5. The zero-order valence-corrected chi connectivity index (χ0v) is 9.50. The number of aromatic carboxylic acids is 1. The van der Waals surface area contributed by atoms with Crippen molar-refractivity contribution in [1.29, 1.82) is 0 Å². The molecule has 0 aliphatic heterocycles. The third-order valence-electron chi connectivity index (χ3n) is 1.96. The highest BCUT2D eigenvalue weighted by atomic mass is 32.2. The molecule has 1 rings (SSSR count). The first kappa shape index (κ1) is 13.3. The molecule has 0 saturated carbocycles. The summed E-state index contributed by atoms with van der Waals surface area (Å²) < 4.78 is 24.7. The van der Waals surface area contributed by atoms with Crippen molar-refractivity contribution in [2.45, 2.75) is 11.3 Å². The van der Waals surface area contributed by atoms with Gasteiger partial charge in [-0.15, -0.1) is 0 Å². The van der Waals surface area contributed by atoms with E-state index in [9.17, 15) is 18.2 Å². The molecule has 0 radical (unpaired) electrons. The van der Waals surface area contributed by atoms with E-state index >= 15 is 0 Å². The standard InChI is InChI=1S/C10H10FNO4S/c11-8-2-1-6(5-7(8)10(14)15)17(16)4-3-9(12)13/h1-2,5H,3-4H2,(H2,12,13)(H,14,15). The van der Waals surface area contributed by atoms with Crippen LogP contribution >= 0.6 is 0 Å². The minimum absolute atomic E-state index is 0.0139. The summed E-state index contributed by atoms with van der Waals surface area (Å²) in [5, 5.41) is 8.68. The third kappa shape index (κ3) is 3.63. The summed E-state index contributed by atoms with van der Waals surface area (Å²) in [6, 6.07) is 3.15. The Morgan fingerprint density at radius 2 is 2.06 bits per heavy atom. The molecule has 5 nitrogen and oxygen atoms in total. The highest BCUT2D eigenvalue weighted by Crippen LogP contribution is 2.14. The predicted molar refractivity (Wildman–Crippen MR) is 58.4 cm³/mol. The van der Waals surface area contributed by atoms with Crippen molar-refractivity contribution in [3.63, 3.8) is 0 Å². The van der Waals surface area contributed by atoms with Crippen molar-refractivity contribution in [2.75, 3.05) is 5.75 Å². The first-order valence-electron chi connectivity index (χ1n) is 4.61. The van der Waals surface area contributed by atoms with Crippen molar-refractivity contribution >= 4 is 22.7 Å². The number of amides is 1. The average molecular weight is 259 g/mol. The zero-order chi connectivity index (χ0) is 13.0. The fraction of sp³-hybridized carbons (Fsp3) is 0.200. The number of benzene rings is 1. The number of primary amides is 1. The van der Waals surface area contributed by atoms with Crippen LogP contribution in [0.2, 0.25) is 0 Å². The van der Waals surface area contributed by atoms with E-state index in [1.807, 2.05) is 0 Å². The summed E-state index contributed by atoms with van der Waals surface area (Å²) in [6.45, 7) is 0. The quantitative estimate of drug-likeness (QED) is 0.804. The average Bonchev–Trinajstić information content (AvgIpc) is 2.26. The molecule has 17 heavy (non-hydrogen) atoms. The Morgan fingerprint density at radius 3 is 2.59 bits per heavy atom. The maximum atomic E-state index is 13.0. The van der Waals surface area contributed by atoms with Gasteiger partial charge in [-0.1, -0.05) is 0 Å². The lowest BCUT2D eigenvalue weighted by atomic mass is 10.2. The number of carbonyl (C=O) groups is 2. The van der Waals surface area contributed by atoms with Crippen LogP contribution in [0.5, 0.6) is 0 Å². The monoisotopic (exact) mass is 259 g/mol. The molecule has 1 aromatic carbocycles. The van der Waals surface area contributed by atoms with Gasteiger partial charge in [0.2, 0.25) is 5.91 Å². The summed E-state index contributed by atoms with van der Waals surface area (Å²) in [5.41, 5.74) is 4.35. The molecule has 0 bridgehead atoms. The lowest BCUT2D eigenvalue weighted by Gasteiger charge is -2.03. The van der Waals surface area contributed by atoms with Crippen molar-refractivity contribution in [1.82, 2.24) is 0 Å². The number of hydrogen-bond acceptors (Lipinski definition) is 3. The van der Waals surface area contributed by atoms with E-state index in [1.54, 1.807) is 0 Å². The van der Waals surface area contributed by atoms with Gasteiger partial charge >= 0.3 is 5.97 Å². The molecule has 3 N–H and O–H groups in total. The van der Waals surface area contributed by atoms with E-state index in [4.69, 9.17) is 10.8 Å². The minimum Gasteiger partial charge on any atom is -0.478 e. The molecule has 7 heteroatoms. The largest absolute Gasteiger partial charge is 0.478 e. The SMILES string of the molecule is NC(=O)CCS(=O)c1ccc(F)c(C(=O)O)c1. The molecule has 0 saturated heterocycles. The van der Waals surface area contributed by atoms with Crippen LogP contribution in [0, 0.1) is 5.82 Å². The van der Waals surface area contributed by atoms with Crippen molar-refractivity contribution < 1.29 is 23.3 Å². The predicted octanol–water partition coefficient (Wildman–Crippen LogP) is 0.507. The number of nitrogens with two attached hydrogens (primary N) is 1. The molecule has 1 aromatic rings. The normalized spacial score (nSPS) is 12.1. The van der Waals surface area contributed by atoms with E-state index in [0.717, 1.165) is 12.1 Å². The van der Waals surface area contributed by atoms with Crippen molar-refractivity contribution in [2.24, 2.45) is 5.73 Å². The fourth-order valence-corrected chi connectivity index (χ4v) is 2.21. The molecule has 1 unspecified atom stereocenters. The molecule has 0 spiro atoms. The van der Waals surface area contributed by atoms with Crippen LogP contribution in [-0.4, -0.2) is 26.9 Å². The molecule has 1 atom stereocenters. The van der Waals surface area contributed by atoms with E-state index < -0.39 is 34.1 Å². The molecular formula is C10H10FNO4S. The maximum absolute atomic E-state index is 13.0. The number of carbonyl (C=O) groups excluding carboxylic acids is 1. The van der Waals surface area contributed by atoms with Gasteiger partial charge in [0.25, 0.3) is 0 Å². The van der Waals surface area contributed by atoms with Crippen LogP contribution in [0.15, 0.2) is 23.1 Å². The van der Waals surface area contributed by atoms with Crippen molar-refractivity contribution in [3.8, 4) is 0 Å². The van der Waals surface area contributed by atoms with Crippen LogP contribution in [0.1, 0.15) is 16.8 Å². The van der Waals surface area contributed by atoms with Gasteiger partial charge in [0.1, 0.15) is 5.82 Å². The topological polar surface area (TPSA) is 97.5 Å². The first-order chi connectivity index (χ1) is 7.91. The van der Waals surface area contributed by atoms with E-state index in [2.05, 4.69) is 0 Å². The fourth-order valence-electron chi connectivity index (χ4n) is 1.12. The van der Waals surface area contributed by atoms with Gasteiger partial charge in [-0.25, -0.2) is 9.18 Å². The van der Waals surface area contributed by atoms with Crippen LogP contribution in [-0.2, 0) is 15.6 Å². The van der Waals surface area contributed by atoms with Gasteiger partial charge in [-0.3, -0.25) is 9.00 Å². The summed E-state index contributed by atoms with van der Waals surface area (Å²) in [5.74, 6) is -2.94. The van der Waals surface area contributed by atoms with Crippen LogP contribution in [0.25, 0.3) is 0 Å². The smallest absolute Gasteiger partial charge is 0.338 e. The Balaban J connectivity index is 2.92. The van der Waals surface area contributed by atoms with Crippen molar-refractivity contribution in [3.05, 3.63) is 29.6 Å². The van der Waals surface area contributed by atoms with E-state index in [1.165, 1.54) is 6.07 Å². The summed E-state index contributed by atoms with van der Waals surface area (Å²) in [7, 11) is -1.57. The van der Waals surface area contributed by atoms with Gasteiger partial charge in [0.05, 0.1) is 16.4 Å². The number of carboxylic acids is 1. The highest BCUT2D eigenvalue weighted by molar-refractivity contribution is 7.85. The van der Waals surface area contributed by atoms with Gasteiger partial charge in [-0.2, -0.15) is 0 Å². The van der Waals surface area contributed by atoms with Gasteiger partial charge in [0.15, 0.2) is 0 Å². The van der Waals surface area contributed by atoms with Gasteiger partial charge < -0.3 is 10.8 Å². The Morgan fingerprint density at radius 1 is 1.41 bits per heavy atom. The molecule has 1 amide bonds. The van der Waals surface area contributed by atoms with E-state index in [0.29, 0.717) is 0 Å².